The van der Waals surface area contributed by atoms with Crippen LogP contribution in [0.2, 0.25) is 5.02 Å². The third-order valence-corrected chi connectivity index (χ3v) is 2.81. The molecule has 0 saturated heterocycles. The summed E-state index contributed by atoms with van der Waals surface area (Å²) in [5.41, 5.74) is 0.424. The summed E-state index contributed by atoms with van der Waals surface area (Å²) in [6.45, 7) is 5.71. The van der Waals surface area contributed by atoms with Crippen molar-refractivity contribution in [1.29, 1.82) is 0 Å². The average Bonchev–Trinajstić information content (AvgIpc) is 2.25. The van der Waals surface area contributed by atoms with Gasteiger partial charge in [-0.15, -0.1) is 0 Å². The molecule has 4 nitrogen and oxygen atoms in total. The third-order valence-electron chi connectivity index (χ3n) is 2.48. The number of pyridine rings is 1. The molecule has 1 aromatic heterocycles. The maximum atomic E-state index is 11.9. The first-order chi connectivity index (χ1) is 8.32. The van der Waals surface area contributed by atoms with Gasteiger partial charge in [0.25, 0.3) is 5.91 Å². The van der Waals surface area contributed by atoms with Crippen LogP contribution in [-0.2, 0) is 0 Å². The fourth-order valence-electron chi connectivity index (χ4n) is 1.87. The molecule has 0 bridgehead atoms. The van der Waals surface area contributed by atoms with E-state index < -0.39 is 0 Å². The van der Waals surface area contributed by atoms with Crippen molar-refractivity contribution in [3.8, 4) is 0 Å². The Morgan fingerprint density at radius 1 is 1.50 bits per heavy atom. The molecule has 1 amide bonds. The fraction of sp³-hybridized carbons (Fsp3) is 0.538. The molecule has 0 saturated carbocycles. The predicted octanol–water partition coefficient (Wildman–Crippen LogP) is 2.05. The number of amides is 1. The summed E-state index contributed by atoms with van der Waals surface area (Å²) in [6, 6.07) is 1.61. The van der Waals surface area contributed by atoms with Gasteiger partial charge in [0.15, 0.2) is 0 Å². The van der Waals surface area contributed by atoms with E-state index >= 15 is 0 Å². The second-order valence-corrected chi connectivity index (χ2v) is 5.85. The minimum absolute atomic E-state index is 0.00778. The first kappa shape index (κ1) is 14.9. The van der Waals surface area contributed by atoms with Gasteiger partial charge in [0.05, 0.1) is 10.6 Å². The first-order valence-corrected chi connectivity index (χ1v) is 6.22. The van der Waals surface area contributed by atoms with E-state index in [1.165, 1.54) is 6.20 Å². The van der Waals surface area contributed by atoms with E-state index in [9.17, 15) is 4.79 Å². The molecule has 1 aromatic rings. The number of carbonyl (C=O) groups excluding carboxylic acids is 1. The van der Waals surface area contributed by atoms with Crippen molar-refractivity contribution in [1.82, 2.24) is 15.2 Å². The summed E-state index contributed by atoms with van der Waals surface area (Å²) in [5.74, 6) is -0.181. The summed E-state index contributed by atoms with van der Waals surface area (Å²) in [6.07, 6.45) is 3.05. The van der Waals surface area contributed by atoms with E-state index in [0.717, 1.165) is 6.54 Å². The maximum Gasteiger partial charge on any atom is 0.254 e. The molecule has 0 spiro atoms. The summed E-state index contributed by atoms with van der Waals surface area (Å²) in [7, 11) is 4.03. The first-order valence-electron chi connectivity index (χ1n) is 5.84. The van der Waals surface area contributed by atoms with E-state index in [2.05, 4.69) is 29.0 Å². The minimum atomic E-state index is -0.181. The van der Waals surface area contributed by atoms with Gasteiger partial charge < -0.3 is 10.2 Å². The lowest BCUT2D eigenvalue weighted by atomic mass is 9.93. The second-order valence-electron chi connectivity index (χ2n) is 5.44. The number of nitrogens with one attached hydrogen (secondary N) is 1. The summed E-state index contributed by atoms with van der Waals surface area (Å²) in [5, 5.41) is 3.32. The molecule has 5 heteroatoms. The zero-order valence-corrected chi connectivity index (χ0v) is 12.1. The number of rotatable bonds is 5. The number of hydrogen-bond donors (Lipinski definition) is 1. The Hall–Kier alpha value is -1.13. The molecule has 0 aliphatic carbocycles. The van der Waals surface area contributed by atoms with Crippen molar-refractivity contribution in [3.63, 3.8) is 0 Å². The van der Waals surface area contributed by atoms with Gasteiger partial charge in [-0.2, -0.15) is 0 Å². The number of carbonyl (C=O) groups is 1. The van der Waals surface area contributed by atoms with E-state index in [0.29, 0.717) is 17.1 Å². The molecule has 100 valence electrons. The second kappa shape index (κ2) is 6.16. The molecule has 0 radical (unpaired) electrons. The fourth-order valence-corrected chi connectivity index (χ4v) is 2.06. The predicted molar refractivity (Wildman–Crippen MR) is 73.9 cm³/mol. The Kier molecular flexibility index (Phi) is 5.11. The Bertz CT molecular complexity index is 418. The molecule has 0 unspecified atom stereocenters. The molecule has 0 fully saturated rings. The molecule has 0 atom stereocenters. The summed E-state index contributed by atoms with van der Waals surface area (Å²) >= 11 is 5.94. The number of aromatic nitrogens is 1. The largest absolute Gasteiger partial charge is 0.351 e. The van der Waals surface area contributed by atoms with Crippen LogP contribution in [0.5, 0.6) is 0 Å². The van der Waals surface area contributed by atoms with E-state index in [-0.39, 0.29) is 11.3 Å². The van der Waals surface area contributed by atoms with Gasteiger partial charge in [0.1, 0.15) is 0 Å². The quantitative estimate of drug-likeness (QED) is 0.890. The van der Waals surface area contributed by atoms with Crippen molar-refractivity contribution >= 4 is 17.5 Å². The van der Waals surface area contributed by atoms with E-state index in [1.807, 2.05) is 14.1 Å². The highest BCUT2D eigenvalue weighted by Gasteiger charge is 2.20. The van der Waals surface area contributed by atoms with Gasteiger partial charge in [-0.25, -0.2) is 0 Å². The van der Waals surface area contributed by atoms with Gasteiger partial charge >= 0.3 is 0 Å². The van der Waals surface area contributed by atoms with Gasteiger partial charge in [-0.3, -0.25) is 9.78 Å². The molecular weight excluding hydrogens is 250 g/mol. The number of hydrogen-bond acceptors (Lipinski definition) is 3. The molecule has 0 aliphatic rings. The Balaban J connectivity index is 2.59. The van der Waals surface area contributed by atoms with Crippen molar-refractivity contribution in [2.24, 2.45) is 5.41 Å². The zero-order chi connectivity index (χ0) is 13.8. The molecule has 1 heterocycles. The number of halogens is 1. The molecular formula is C13H20ClN3O. The normalized spacial score (nSPS) is 11.7. The van der Waals surface area contributed by atoms with Gasteiger partial charge in [-0.05, 0) is 25.6 Å². The monoisotopic (exact) mass is 269 g/mol. The molecule has 1 N–H and O–H groups in total. The van der Waals surface area contributed by atoms with Crippen LogP contribution < -0.4 is 5.32 Å². The van der Waals surface area contributed by atoms with Crippen molar-refractivity contribution in [2.75, 3.05) is 27.2 Å². The lowest BCUT2D eigenvalue weighted by Crippen LogP contribution is -2.40. The lowest BCUT2D eigenvalue weighted by molar-refractivity contribution is 0.0929. The maximum absolute atomic E-state index is 11.9. The Labute approximate surface area is 113 Å². The standard InChI is InChI=1S/C13H20ClN3O/c1-13(2,9-17(3)4)8-16-12(18)10-7-15-6-5-11(10)14/h5-7H,8-9H2,1-4H3,(H,16,18). The SMILES string of the molecule is CN(C)CC(C)(C)CNC(=O)c1cnccc1Cl. The van der Waals surface area contributed by atoms with Crippen molar-refractivity contribution in [2.45, 2.75) is 13.8 Å². The number of nitrogens with zero attached hydrogens (tertiary/aromatic N) is 2. The lowest BCUT2D eigenvalue weighted by Gasteiger charge is -2.28. The molecule has 0 aromatic carbocycles. The van der Waals surface area contributed by atoms with Crippen LogP contribution in [0.1, 0.15) is 24.2 Å². The average molecular weight is 270 g/mol. The smallest absolute Gasteiger partial charge is 0.254 e. The van der Waals surface area contributed by atoms with Crippen LogP contribution in [-0.4, -0.2) is 43.0 Å². The highest BCUT2D eigenvalue weighted by atomic mass is 35.5. The van der Waals surface area contributed by atoms with E-state index in [1.54, 1.807) is 12.3 Å². The highest BCUT2D eigenvalue weighted by molar-refractivity contribution is 6.33. The van der Waals surface area contributed by atoms with Gasteiger partial charge in [0, 0.05) is 25.5 Å². The molecule has 1 rings (SSSR count). The highest BCUT2D eigenvalue weighted by Crippen LogP contribution is 2.16. The van der Waals surface area contributed by atoms with Gasteiger partial charge in [0.2, 0.25) is 0 Å². The summed E-state index contributed by atoms with van der Waals surface area (Å²) < 4.78 is 0. The Morgan fingerprint density at radius 3 is 2.72 bits per heavy atom. The topological polar surface area (TPSA) is 45.2 Å². The molecule has 18 heavy (non-hydrogen) atoms. The van der Waals surface area contributed by atoms with Crippen LogP contribution >= 0.6 is 11.6 Å². The van der Waals surface area contributed by atoms with E-state index in [4.69, 9.17) is 11.6 Å². The molecule has 0 aliphatic heterocycles. The van der Waals surface area contributed by atoms with Crippen molar-refractivity contribution < 1.29 is 4.79 Å². The van der Waals surface area contributed by atoms with Crippen molar-refractivity contribution in [3.05, 3.63) is 29.0 Å². The van der Waals surface area contributed by atoms with Crippen LogP contribution in [0.25, 0.3) is 0 Å². The zero-order valence-electron chi connectivity index (χ0n) is 11.3. The Morgan fingerprint density at radius 2 is 2.17 bits per heavy atom. The van der Waals surface area contributed by atoms with Crippen LogP contribution in [0.4, 0.5) is 0 Å². The third kappa shape index (κ3) is 4.63. The van der Waals surface area contributed by atoms with Crippen LogP contribution in [0.15, 0.2) is 18.5 Å². The summed E-state index contributed by atoms with van der Waals surface area (Å²) in [4.78, 5) is 18.0. The van der Waals surface area contributed by atoms with Crippen LogP contribution in [0, 0.1) is 5.41 Å². The van der Waals surface area contributed by atoms with Crippen LogP contribution in [0.3, 0.4) is 0 Å². The van der Waals surface area contributed by atoms with Gasteiger partial charge in [-0.1, -0.05) is 25.4 Å². The minimum Gasteiger partial charge on any atom is -0.351 e.